The Morgan fingerprint density at radius 2 is 1.63 bits per heavy atom. The van der Waals surface area contributed by atoms with Gasteiger partial charge in [0.15, 0.2) is 17.7 Å². The first-order valence-corrected chi connectivity index (χ1v) is 11.4. The van der Waals surface area contributed by atoms with E-state index in [2.05, 4.69) is 50.8 Å². The maximum absolute atomic E-state index is 10.4. The Morgan fingerprint density at radius 1 is 1.00 bits per heavy atom. The number of aryl methyl sites for hydroxylation is 1. The lowest BCUT2D eigenvalue weighted by Gasteiger charge is -2.16. The summed E-state index contributed by atoms with van der Waals surface area (Å²) in [7, 11) is 0. The van der Waals surface area contributed by atoms with Gasteiger partial charge in [0.2, 0.25) is 5.95 Å². The molecule has 4 aromatic rings. The molecule has 13 N–H and O–H groups in total. The van der Waals surface area contributed by atoms with Crippen molar-refractivity contribution in [3.05, 3.63) is 49.7 Å². The first-order chi connectivity index (χ1) is 17.9. The molecule has 1 saturated heterocycles. The smallest absolute Gasteiger partial charge is 0.346 e. The SMILES string of the molecule is Cc1cnc(=O)[nH]c1N.Nc1[nH]c(=O)ncc1Br.Nc1nc(N)c2ncn([C@@H]3O[C@H](CO)[C@@H](O)[C@H]3O)c2n1. The topological polar surface area (TPSA) is 309 Å². The molecule has 1 fully saturated rings. The lowest BCUT2D eigenvalue weighted by Crippen LogP contribution is -2.33. The van der Waals surface area contributed by atoms with E-state index in [9.17, 15) is 19.8 Å². The number of imidazole rings is 1. The lowest BCUT2D eigenvalue weighted by atomic mass is 10.1. The van der Waals surface area contributed by atoms with Crippen molar-refractivity contribution in [3.8, 4) is 0 Å². The Labute approximate surface area is 220 Å². The maximum atomic E-state index is 10.4. The van der Waals surface area contributed by atoms with E-state index in [-0.39, 0.29) is 17.4 Å². The van der Waals surface area contributed by atoms with Crippen LogP contribution in [0, 0.1) is 6.92 Å². The zero-order valence-electron chi connectivity index (χ0n) is 19.7. The summed E-state index contributed by atoms with van der Waals surface area (Å²) in [4.78, 5) is 44.1. The average molecular weight is 597 g/mol. The molecule has 19 heteroatoms. The van der Waals surface area contributed by atoms with Crippen molar-refractivity contribution >= 4 is 50.5 Å². The predicted molar refractivity (Wildman–Crippen MR) is 138 cm³/mol. The third kappa shape index (κ3) is 6.39. The molecule has 1 aliphatic heterocycles. The number of rotatable bonds is 2. The highest BCUT2D eigenvalue weighted by atomic mass is 79.9. The van der Waals surface area contributed by atoms with Crippen LogP contribution in [0.3, 0.4) is 0 Å². The highest BCUT2D eigenvalue weighted by Crippen LogP contribution is 2.32. The molecule has 0 aromatic carbocycles. The van der Waals surface area contributed by atoms with Gasteiger partial charge in [-0.1, -0.05) is 0 Å². The number of aliphatic hydroxyl groups excluding tert-OH is 3. The summed E-state index contributed by atoms with van der Waals surface area (Å²) >= 11 is 3.07. The fourth-order valence-electron chi connectivity index (χ4n) is 3.12. The van der Waals surface area contributed by atoms with Gasteiger partial charge in [-0.05, 0) is 22.9 Å². The average Bonchev–Trinajstić information content (AvgIpc) is 3.40. The third-order valence-corrected chi connectivity index (χ3v) is 5.72. The number of fused-ring (bicyclic) bond motifs is 1. The zero-order chi connectivity index (χ0) is 28.1. The molecular weight excluding hydrogens is 572 g/mol. The molecule has 5 heterocycles. The van der Waals surface area contributed by atoms with Crippen LogP contribution in [-0.4, -0.2) is 79.7 Å². The Bertz CT molecular complexity index is 1470. The second-order valence-electron chi connectivity index (χ2n) is 7.75. The van der Waals surface area contributed by atoms with Gasteiger partial charge in [0, 0.05) is 11.8 Å². The molecule has 1 aliphatic rings. The minimum absolute atomic E-state index is 0.0384. The summed E-state index contributed by atoms with van der Waals surface area (Å²) in [6, 6.07) is 0. The number of aliphatic hydroxyl groups is 3. The fourth-order valence-corrected chi connectivity index (χ4v) is 3.32. The largest absolute Gasteiger partial charge is 0.394 e. The Kier molecular flexibility index (Phi) is 8.91. The standard InChI is InChI=1S/C10H14N6O4.C5H7N3O.C4H4BrN3O/c11-7-4-8(15-10(12)14-7)16(2-13-4)9-6(19)5(18)3(1-17)20-9;1-3-2-7-5(9)8-4(3)6;5-2-1-7-4(9)8-3(2)6/h2-3,5-6,9,17-19H,1H2,(H4,11,12,14,15);2H,1H3,(H3,6,7,8,9);1H,(H3,6,7,8,9)/t3-,5-,6-,9-;;/m1../s1. The van der Waals surface area contributed by atoms with Crippen molar-refractivity contribution in [1.82, 2.24) is 39.5 Å². The number of ether oxygens (including phenoxy) is 1. The number of H-pyrrole nitrogens is 2. The second-order valence-corrected chi connectivity index (χ2v) is 8.61. The maximum Gasteiger partial charge on any atom is 0.346 e. The van der Waals surface area contributed by atoms with E-state index in [1.807, 2.05) is 0 Å². The van der Waals surface area contributed by atoms with Gasteiger partial charge in [-0.25, -0.2) is 24.5 Å². The highest BCUT2D eigenvalue weighted by molar-refractivity contribution is 9.10. The van der Waals surface area contributed by atoms with Crippen molar-refractivity contribution in [3.63, 3.8) is 0 Å². The summed E-state index contributed by atoms with van der Waals surface area (Å²) in [6.07, 6.45) is -0.122. The normalized spacial score (nSPS) is 20.3. The van der Waals surface area contributed by atoms with Gasteiger partial charge in [0.1, 0.15) is 35.5 Å². The first-order valence-electron chi connectivity index (χ1n) is 10.6. The number of nitrogens with two attached hydrogens (primary N) is 4. The molecule has 0 aliphatic carbocycles. The van der Waals surface area contributed by atoms with Crippen LogP contribution in [0.15, 0.2) is 32.8 Å². The Hall–Kier alpha value is -4.17. The van der Waals surface area contributed by atoms with Crippen LogP contribution in [0.4, 0.5) is 23.4 Å². The number of nitrogens with one attached hydrogen (secondary N) is 2. The molecule has 204 valence electrons. The minimum Gasteiger partial charge on any atom is -0.394 e. The summed E-state index contributed by atoms with van der Waals surface area (Å²) < 4.78 is 7.39. The number of aromatic amines is 2. The third-order valence-electron chi connectivity index (χ3n) is 5.09. The molecule has 0 bridgehead atoms. The van der Waals surface area contributed by atoms with Crippen LogP contribution in [0.1, 0.15) is 11.8 Å². The van der Waals surface area contributed by atoms with Gasteiger partial charge in [0.05, 0.1) is 23.6 Å². The van der Waals surface area contributed by atoms with Crippen LogP contribution in [-0.2, 0) is 4.74 Å². The van der Waals surface area contributed by atoms with Crippen LogP contribution >= 0.6 is 15.9 Å². The Morgan fingerprint density at radius 3 is 2.16 bits per heavy atom. The predicted octanol–water partition coefficient (Wildman–Crippen LogP) is -2.62. The minimum atomic E-state index is -1.23. The van der Waals surface area contributed by atoms with Gasteiger partial charge in [0.25, 0.3) is 0 Å². The van der Waals surface area contributed by atoms with E-state index in [4.69, 9.17) is 32.8 Å². The van der Waals surface area contributed by atoms with Crippen molar-refractivity contribution < 1.29 is 20.1 Å². The van der Waals surface area contributed by atoms with Crippen molar-refractivity contribution in [1.29, 1.82) is 0 Å². The number of nitrogen functional groups attached to an aromatic ring is 4. The number of halogens is 1. The van der Waals surface area contributed by atoms with Crippen LogP contribution in [0.5, 0.6) is 0 Å². The van der Waals surface area contributed by atoms with Crippen LogP contribution in [0.2, 0.25) is 0 Å². The summed E-state index contributed by atoms with van der Waals surface area (Å²) in [5, 5.41) is 28.8. The molecule has 5 rings (SSSR count). The van der Waals surface area contributed by atoms with E-state index >= 15 is 0 Å². The van der Waals surface area contributed by atoms with Crippen LogP contribution < -0.4 is 34.3 Å². The summed E-state index contributed by atoms with van der Waals surface area (Å²) in [5.74, 6) is 0.756. The molecule has 4 aromatic heterocycles. The number of hydrogen-bond acceptors (Lipinski definition) is 15. The summed E-state index contributed by atoms with van der Waals surface area (Å²) in [6.45, 7) is 1.36. The molecule has 0 saturated carbocycles. The first kappa shape index (κ1) is 28.4. The number of anilines is 4. The molecule has 4 atom stereocenters. The monoisotopic (exact) mass is 596 g/mol. The van der Waals surface area contributed by atoms with Gasteiger partial charge in [-0.15, -0.1) is 0 Å². The van der Waals surface area contributed by atoms with Crippen molar-refractivity contribution in [2.45, 2.75) is 31.5 Å². The van der Waals surface area contributed by atoms with Crippen LogP contribution in [0.25, 0.3) is 11.2 Å². The molecule has 0 radical (unpaired) electrons. The van der Waals surface area contributed by atoms with Gasteiger partial charge >= 0.3 is 11.4 Å². The van der Waals surface area contributed by atoms with E-state index < -0.39 is 42.5 Å². The van der Waals surface area contributed by atoms with Gasteiger partial charge < -0.3 is 43.0 Å². The van der Waals surface area contributed by atoms with E-state index in [0.717, 1.165) is 5.56 Å². The molecule has 38 heavy (non-hydrogen) atoms. The highest BCUT2D eigenvalue weighted by Gasteiger charge is 2.44. The van der Waals surface area contributed by atoms with E-state index in [1.165, 1.54) is 23.3 Å². The quantitative estimate of drug-likeness (QED) is 0.114. The number of hydrogen-bond donors (Lipinski definition) is 9. The summed E-state index contributed by atoms with van der Waals surface area (Å²) in [5.41, 5.74) is 22.4. The number of aromatic nitrogens is 8. The molecular formula is C19H25BrN12O6. The molecule has 0 spiro atoms. The van der Waals surface area contributed by atoms with E-state index in [1.54, 1.807) is 6.92 Å². The molecule has 18 nitrogen and oxygen atoms in total. The number of nitrogens with zero attached hydrogens (tertiary/aromatic N) is 6. The van der Waals surface area contributed by atoms with Crippen molar-refractivity contribution in [2.75, 3.05) is 29.5 Å². The fraction of sp³-hybridized carbons (Fsp3) is 0.316. The van der Waals surface area contributed by atoms with E-state index in [0.29, 0.717) is 21.6 Å². The molecule has 0 amide bonds. The van der Waals surface area contributed by atoms with Crippen molar-refractivity contribution in [2.24, 2.45) is 0 Å². The van der Waals surface area contributed by atoms with Gasteiger partial charge in [-0.2, -0.15) is 9.97 Å². The zero-order valence-corrected chi connectivity index (χ0v) is 21.3. The molecule has 0 unspecified atom stereocenters. The Balaban J connectivity index is 0.000000184. The second kappa shape index (κ2) is 11.9. The lowest BCUT2D eigenvalue weighted by molar-refractivity contribution is -0.0511. The van der Waals surface area contributed by atoms with Gasteiger partial charge in [-0.3, -0.25) is 14.5 Å².